The van der Waals surface area contributed by atoms with Gasteiger partial charge in [0.1, 0.15) is 5.76 Å². The number of aliphatic hydroxyl groups excluding tert-OH is 1. The molecule has 0 spiro atoms. The van der Waals surface area contributed by atoms with Crippen molar-refractivity contribution in [1.82, 2.24) is 5.32 Å². The van der Waals surface area contributed by atoms with Crippen LogP contribution in [0, 0.1) is 5.41 Å². The molecule has 4 heteroatoms. The minimum atomic E-state index is 0.132. The van der Waals surface area contributed by atoms with Gasteiger partial charge in [0.05, 0.1) is 6.54 Å². The summed E-state index contributed by atoms with van der Waals surface area (Å²) in [6, 6.07) is 4.10. The summed E-state index contributed by atoms with van der Waals surface area (Å²) in [7, 11) is 0. The first-order chi connectivity index (χ1) is 7.43. The Kier molecular flexibility index (Phi) is 5.02. The van der Waals surface area contributed by atoms with Gasteiger partial charge >= 0.3 is 0 Å². The van der Waals surface area contributed by atoms with Crippen LogP contribution in [0.15, 0.2) is 21.2 Å². The number of aliphatic hydroxyl groups is 1. The molecule has 1 heterocycles. The smallest absolute Gasteiger partial charge is 0.169 e. The lowest BCUT2D eigenvalue weighted by Crippen LogP contribution is -2.40. The van der Waals surface area contributed by atoms with Crippen LogP contribution in [-0.2, 0) is 6.54 Å². The molecule has 2 N–H and O–H groups in total. The first kappa shape index (κ1) is 13.7. The van der Waals surface area contributed by atoms with Gasteiger partial charge in [0.2, 0.25) is 0 Å². The molecule has 0 bridgehead atoms. The molecule has 1 rings (SSSR count). The molecular weight excluding hydrogens is 270 g/mol. The van der Waals surface area contributed by atoms with Crippen LogP contribution in [-0.4, -0.2) is 17.8 Å². The molecule has 0 aliphatic rings. The average molecular weight is 290 g/mol. The van der Waals surface area contributed by atoms with Gasteiger partial charge in [0.25, 0.3) is 0 Å². The molecular formula is C12H20BrNO2. The lowest BCUT2D eigenvalue weighted by atomic mass is 9.85. The van der Waals surface area contributed by atoms with Crippen LogP contribution in [0.25, 0.3) is 0 Å². The van der Waals surface area contributed by atoms with Crippen molar-refractivity contribution in [2.45, 2.75) is 39.8 Å². The van der Waals surface area contributed by atoms with E-state index in [0.717, 1.165) is 16.9 Å². The normalized spacial score (nSPS) is 14.1. The number of halogens is 1. The SMILES string of the molecule is CC(C)(C)C(CCO)NCc1ccc(Br)o1. The van der Waals surface area contributed by atoms with Crippen molar-refractivity contribution in [2.75, 3.05) is 6.61 Å². The van der Waals surface area contributed by atoms with Crippen LogP contribution in [0.2, 0.25) is 0 Å². The zero-order valence-corrected chi connectivity index (χ0v) is 11.7. The van der Waals surface area contributed by atoms with Gasteiger partial charge in [-0.2, -0.15) is 0 Å². The summed E-state index contributed by atoms with van der Waals surface area (Å²) < 4.78 is 6.17. The largest absolute Gasteiger partial charge is 0.453 e. The summed E-state index contributed by atoms with van der Waals surface area (Å²) in [6.45, 7) is 7.39. The van der Waals surface area contributed by atoms with Gasteiger partial charge in [0.15, 0.2) is 4.67 Å². The fraction of sp³-hybridized carbons (Fsp3) is 0.667. The highest BCUT2D eigenvalue weighted by molar-refractivity contribution is 9.10. The Bertz CT molecular complexity index is 317. The highest BCUT2D eigenvalue weighted by Gasteiger charge is 2.23. The van der Waals surface area contributed by atoms with Crippen molar-refractivity contribution in [2.24, 2.45) is 5.41 Å². The number of rotatable bonds is 5. The average Bonchev–Trinajstić information content (AvgIpc) is 2.57. The Balaban J connectivity index is 2.50. The number of hydrogen-bond donors (Lipinski definition) is 2. The van der Waals surface area contributed by atoms with Gasteiger partial charge < -0.3 is 14.8 Å². The van der Waals surface area contributed by atoms with E-state index in [2.05, 4.69) is 42.0 Å². The van der Waals surface area contributed by atoms with Crippen LogP contribution in [0.3, 0.4) is 0 Å². The zero-order chi connectivity index (χ0) is 12.2. The maximum Gasteiger partial charge on any atom is 0.169 e. The summed E-state index contributed by atoms with van der Waals surface area (Å²) in [5.74, 6) is 0.902. The molecule has 0 saturated heterocycles. The monoisotopic (exact) mass is 289 g/mol. The molecule has 1 aromatic rings. The summed E-state index contributed by atoms with van der Waals surface area (Å²) in [4.78, 5) is 0. The van der Waals surface area contributed by atoms with E-state index in [9.17, 15) is 0 Å². The Morgan fingerprint density at radius 1 is 1.44 bits per heavy atom. The topological polar surface area (TPSA) is 45.4 Å². The Hall–Kier alpha value is -0.320. The van der Waals surface area contributed by atoms with E-state index >= 15 is 0 Å². The number of hydrogen-bond acceptors (Lipinski definition) is 3. The summed E-state index contributed by atoms with van der Waals surface area (Å²) >= 11 is 3.27. The number of furan rings is 1. The van der Waals surface area contributed by atoms with Gasteiger partial charge in [-0.05, 0) is 39.9 Å². The third kappa shape index (κ3) is 4.28. The molecule has 16 heavy (non-hydrogen) atoms. The predicted molar refractivity (Wildman–Crippen MR) is 68.2 cm³/mol. The second-order valence-electron chi connectivity index (χ2n) is 5.02. The first-order valence-corrected chi connectivity index (χ1v) is 6.31. The van der Waals surface area contributed by atoms with E-state index in [1.807, 2.05) is 12.1 Å². The van der Waals surface area contributed by atoms with Crippen molar-refractivity contribution < 1.29 is 9.52 Å². The maximum absolute atomic E-state index is 9.03. The molecule has 0 aliphatic carbocycles. The van der Waals surface area contributed by atoms with Gasteiger partial charge in [-0.3, -0.25) is 0 Å². The van der Waals surface area contributed by atoms with Crippen molar-refractivity contribution in [3.05, 3.63) is 22.6 Å². The highest BCUT2D eigenvalue weighted by Crippen LogP contribution is 2.22. The van der Waals surface area contributed by atoms with Crippen molar-refractivity contribution >= 4 is 15.9 Å². The molecule has 92 valence electrons. The lowest BCUT2D eigenvalue weighted by Gasteiger charge is -2.31. The van der Waals surface area contributed by atoms with E-state index < -0.39 is 0 Å². The third-order valence-electron chi connectivity index (χ3n) is 2.61. The Morgan fingerprint density at radius 3 is 2.56 bits per heavy atom. The van der Waals surface area contributed by atoms with Crippen LogP contribution < -0.4 is 5.32 Å². The zero-order valence-electron chi connectivity index (χ0n) is 10.1. The predicted octanol–water partition coefficient (Wildman–Crippen LogP) is 2.93. The quantitative estimate of drug-likeness (QED) is 0.876. The fourth-order valence-electron chi connectivity index (χ4n) is 1.64. The molecule has 0 fully saturated rings. The van der Waals surface area contributed by atoms with Crippen LogP contribution in [0.5, 0.6) is 0 Å². The first-order valence-electron chi connectivity index (χ1n) is 5.52. The molecule has 1 aromatic heterocycles. The van der Waals surface area contributed by atoms with Crippen LogP contribution in [0.1, 0.15) is 33.0 Å². The van der Waals surface area contributed by atoms with Gasteiger partial charge in [-0.25, -0.2) is 0 Å². The molecule has 0 radical (unpaired) electrons. The minimum Gasteiger partial charge on any atom is -0.453 e. The second kappa shape index (κ2) is 5.84. The second-order valence-corrected chi connectivity index (χ2v) is 5.80. The Morgan fingerprint density at radius 2 is 2.12 bits per heavy atom. The van der Waals surface area contributed by atoms with Crippen LogP contribution in [0.4, 0.5) is 0 Å². The summed E-state index contributed by atoms with van der Waals surface area (Å²) in [6.07, 6.45) is 0.755. The van der Waals surface area contributed by atoms with Crippen molar-refractivity contribution in [3.63, 3.8) is 0 Å². The standard InChI is InChI=1S/C12H20BrNO2/c1-12(2,3)10(6-7-15)14-8-9-4-5-11(13)16-9/h4-5,10,14-15H,6-8H2,1-3H3. The van der Waals surface area contributed by atoms with E-state index in [-0.39, 0.29) is 18.1 Å². The minimum absolute atomic E-state index is 0.132. The molecule has 0 aromatic carbocycles. The third-order valence-corrected chi connectivity index (χ3v) is 3.04. The van der Waals surface area contributed by atoms with E-state index in [1.54, 1.807) is 0 Å². The molecule has 0 amide bonds. The van der Waals surface area contributed by atoms with Crippen molar-refractivity contribution in [1.29, 1.82) is 0 Å². The fourth-order valence-corrected chi connectivity index (χ4v) is 1.98. The number of nitrogens with one attached hydrogen (secondary N) is 1. The van der Waals surface area contributed by atoms with Crippen molar-refractivity contribution in [3.8, 4) is 0 Å². The van der Waals surface area contributed by atoms with E-state index in [0.29, 0.717) is 6.54 Å². The van der Waals surface area contributed by atoms with Gasteiger partial charge in [-0.1, -0.05) is 20.8 Å². The Labute approximate surface area is 105 Å². The maximum atomic E-state index is 9.03. The molecule has 0 aliphatic heterocycles. The molecule has 0 saturated carbocycles. The van der Waals surface area contributed by atoms with Gasteiger partial charge in [0, 0.05) is 12.6 Å². The van der Waals surface area contributed by atoms with Gasteiger partial charge in [-0.15, -0.1) is 0 Å². The van der Waals surface area contributed by atoms with E-state index in [4.69, 9.17) is 9.52 Å². The molecule has 3 nitrogen and oxygen atoms in total. The lowest BCUT2D eigenvalue weighted by molar-refractivity contribution is 0.193. The summed E-state index contributed by atoms with van der Waals surface area (Å²) in [5, 5.41) is 12.4. The molecule has 1 atom stereocenters. The highest BCUT2D eigenvalue weighted by atomic mass is 79.9. The van der Waals surface area contributed by atoms with E-state index in [1.165, 1.54) is 0 Å². The summed E-state index contributed by atoms with van der Waals surface area (Å²) in [5.41, 5.74) is 0.132. The van der Waals surface area contributed by atoms with Crippen LogP contribution >= 0.6 is 15.9 Å². The molecule has 1 unspecified atom stereocenters.